The van der Waals surface area contributed by atoms with E-state index in [0.717, 1.165) is 24.9 Å². The van der Waals surface area contributed by atoms with Crippen molar-refractivity contribution in [3.8, 4) is 6.07 Å². The summed E-state index contributed by atoms with van der Waals surface area (Å²) in [6.07, 6.45) is 9.94. The van der Waals surface area contributed by atoms with Gasteiger partial charge in [-0.3, -0.25) is 0 Å². The van der Waals surface area contributed by atoms with E-state index in [9.17, 15) is 0 Å². The summed E-state index contributed by atoms with van der Waals surface area (Å²) in [6, 6.07) is 2.98. The van der Waals surface area contributed by atoms with Crippen LogP contribution in [0.3, 0.4) is 0 Å². The highest BCUT2D eigenvalue weighted by molar-refractivity contribution is 4.82. The Kier molecular flexibility index (Phi) is 6.71. The molecule has 1 saturated carbocycles. The largest absolute Gasteiger partial charge is 0.313 e. The fourth-order valence-corrected chi connectivity index (χ4v) is 2.97. The van der Waals surface area contributed by atoms with Crippen LogP contribution in [0.25, 0.3) is 0 Å². The van der Waals surface area contributed by atoms with Crippen molar-refractivity contribution in [3.05, 3.63) is 0 Å². The highest BCUT2D eigenvalue weighted by atomic mass is 14.9. The van der Waals surface area contributed by atoms with E-state index >= 15 is 0 Å². The lowest BCUT2D eigenvalue weighted by Gasteiger charge is -2.32. The Hall–Kier alpha value is -0.550. The SMILES string of the molecule is CCCC1CCC(NCC(C)(C)CCC#N)CC1. The number of nitriles is 1. The third kappa shape index (κ3) is 5.87. The summed E-state index contributed by atoms with van der Waals surface area (Å²) < 4.78 is 0. The van der Waals surface area contributed by atoms with Crippen molar-refractivity contribution in [1.29, 1.82) is 5.26 Å². The standard InChI is InChI=1S/C16H30N2/c1-4-6-14-7-9-15(10-8-14)18-13-16(2,3)11-5-12-17/h14-15,18H,4-11,13H2,1-3H3. The molecule has 1 N–H and O–H groups in total. The van der Waals surface area contributed by atoms with Crippen LogP contribution in [0.15, 0.2) is 0 Å². The molecule has 0 aliphatic heterocycles. The number of nitrogens with one attached hydrogen (secondary N) is 1. The minimum Gasteiger partial charge on any atom is -0.313 e. The summed E-state index contributed by atoms with van der Waals surface area (Å²) >= 11 is 0. The van der Waals surface area contributed by atoms with Crippen LogP contribution in [0.4, 0.5) is 0 Å². The van der Waals surface area contributed by atoms with Crippen molar-refractivity contribution in [2.75, 3.05) is 6.54 Å². The van der Waals surface area contributed by atoms with E-state index in [1.54, 1.807) is 0 Å². The molecule has 0 aromatic carbocycles. The van der Waals surface area contributed by atoms with Crippen LogP contribution in [0.5, 0.6) is 0 Å². The van der Waals surface area contributed by atoms with Crippen molar-refractivity contribution in [1.82, 2.24) is 5.32 Å². The molecule has 2 nitrogen and oxygen atoms in total. The van der Waals surface area contributed by atoms with Crippen LogP contribution in [0, 0.1) is 22.7 Å². The van der Waals surface area contributed by atoms with Crippen molar-refractivity contribution in [2.24, 2.45) is 11.3 Å². The summed E-state index contributed by atoms with van der Waals surface area (Å²) in [5.74, 6) is 0.986. The second kappa shape index (κ2) is 7.79. The Bertz CT molecular complexity index is 257. The lowest BCUT2D eigenvalue weighted by atomic mass is 9.82. The van der Waals surface area contributed by atoms with Gasteiger partial charge in [-0.25, -0.2) is 0 Å². The molecule has 0 saturated heterocycles. The molecule has 1 fully saturated rings. The average Bonchev–Trinajstić information content (AvgIpc) is 2.36. The van der Waals surface area contributed by atoms with Gasteiger partial charge in [0.25, 0.3) is 0 Å². The highest BCUT2D eigenvalue weighted by Crippen LogP contribution is 2.28. The Morgan fingerprint density at radius 1 is 1.22 bits per heavy atom. The maximum atomic E-state index is 8.66. The van der Waals surface area contributed by atoms with E-state index in [1.807, 2.05) is 0 Å². The minimum atomic E-state index is 0.260. The molecule has 104 valence electrons. The first-order chi connectivity index (χ1) is 8.57. The van der Waals surface area contributed by atoms with Gasteiger partial charge in [-0.15, -0.1) is 0 Å². The summed E-state index contributed by atoms with van der Waals surface area (Å²) in [4.78, 5) is 0. The summed E-state index contributed by atoms with van der Waals surface area (Å²) in [5.41, 5.74) is 0.260. The van der Waals surface area contributed by atoms with Gasteiger partial charge in [-0.2, -0.15) is 5.26 Å². The van der Waals surface area contributed by atoms with E-state index in [4.69, 9.17) is 5.26 Å². The molecule has 0 spiro atoms. The highest BCUT2D eigenvalue weighted by Gasteiger charge is 2.23. The molecule has 1 rings (SSSR count). The molecular formula is C16H30N2. The first kappa shape index (κ1) is 15.5. The second-order valence-corrected chi connectivity index (χ2v) is 6.71. The fourth-order valence-electron chi connectivity index (χ4n) is 2.97. The van der Waals surface area contributed by atoms with Gasteiger partial charge in [0.1, 0.15) is 0 Å². The van der Waals surface area contributed by atoms with Gasteiger partial charge < -0.3 is 5.32 Å². The van der Waals surface area contributed by atoms with Crippen molar-refractivity contribution in [3.63, 3.8) is 0 Å². The van der Waals surface area contributed by atoms with Crippen LogP contribution in [0.2, 0.25) is 0 Å². The molecule has 0 aromatic rings. The predicted octanol–water partition coefficient (Wildman–Crippen LogP) is 4.26. The summed E-state index contributed by atoms with van der Waals surface area (Å²) in [6.45, 7) is 7.87. The average molecular weight is 250 g/mol. The summed E-state index contributed by atoms with van der Waals surface area (Å²) in [7, 11) is 0. The maximum Gasteiger partial charge on any atom is 0.0621 e. The third-order valence-electron chi connectivity index (χ3n) is 4.33. The number of rotatable bonds is 7. The van der Waals surface area contributed by atoms with Crippen molar-refractivity contribution < 1.29 is 0 Å². The first-order valence-corrected chi connectivity index (χ1v) is 7.67. The summed E-state index contributed by atoms with van der Waals surface area (Å²) in [5, 5.41) is 12.4. The minimum absolute atomic E-state index is 0.260. The monoisotopic (exact) mass is 250 g/mol. The predicted molar refractivity (Wildman–Crippen MR) is 77.3 cm³/mol. The van der Waals surface area contributed by atoms with Gasteiger partial charge in [-0.05, 0) is 43.4 Å². The van der Waals surface area contributed by atoms with Crippen molar-refractivity contribution in [2.45, 2.75) is 78.2 Å². The Labute approximate surface area is 113 Å². The van der Waals surface area contributed by atoms with E-state index in [-0.39, 0.29) is 5.41 Å². The van der Waals surface area contributed by atoms with Gasteiger partial charge in [0, 0.05) is 19.0 Å². The molecule has 0 unspecified atom stereocenters. The van der Waals surface area contributed by atoms with Gasteiger partial charge >= 0.3 is 0 Å². The molecule has 0 radical (unpaired) electrons. The molecule has 0 aromatic heterocycles. The molecule has 2 heteroatoms. The van der Waals surface area contributed by atoms with E-state index in [2.05, 4.69) is 32.2 Å². The Balaban J connectivity index is 2.19. The van der Waals surface area contributed by atoms with Crippen LogP contribution in [-0.4, -0.2) is 12.6 Å². The van der Waals surface area contributed by atoms with Gasteiger partial charge in [-0.1, -0.05) is 33.6 Å². The topological polar surface area (TPSA) is 35.8 Å². The number of hydrogen-bond donors (Lipinski definition) is 1. The van der Waals surface area contributed by atoms with E-state index in [1.165, 1.54) is 38.5 Å². The number of nitrogens with zero attached hydrogens (tertiary/aromatic N) is 1. The number of hydrogen-bond acceptors (Lipinski definition) is 2. The zero-order valence-electron chi connectivity index (χ0n) is 12.5. The van der Waals surface area contributed by atoms with E-state index < -0.39 is 0 Å². The Morgan fingerprint density at radius 2 is 1.89 bits per heavy atom. The van der Waals surface area contributed by atoms with Gasteiger partial charge in [0.2, 0.25) is 0 Å². The molecule has 0 bridgehead atoms. The van der Waals surface area contributed by atoms with Crippen LogP contribution in [0.1, 0.15) is 72.1 Å². The van der Waals surface area contributed by atoms with Crippen LogP contribution in [-0.2, 0) is 0 Å². The molecule has 0 atom stereocenters. The maximum absolute atomic E-state index is 8.66. The first-order valence-electron chi connectivity index (χ1n) is 7.67. The lowest BCUT2D eigenvalue weighted by molar-refractivity contribution is 0.241. The molecular weight excluding hydrogens is 220 g/mol. The van der Waals surface area contributed by atoms with Gasteiger partial charge in [0.05, 0.1) is 6.07 Å². The van der Waals surface area contributed by atoms with Gasteiger partial charge in [0.15, 0.2) is 0 Å². The third-order valence-corrected chi connectivity index (χ3v) is 4.33. The smallest absolute Gasteiger partial charge is 0.0621 e. The van der Waals surface area contributed by atoms with E-state index in [0.29, 0.717) is 6.42 Å². The quantitative estimate of drug-likeness (QED) is 0.732. The molecule has 0 amide bonds. The fraction of sp³-hybridized carbons (Fsp3) is 0.938. The van der Waals surface area contributed by atoms with Crippen molar-refractivity contribution >= 4 is 0 Å². The normalized spacial score (nSPS) is 24.8. The zero-order valence-corrected chi connectivity index (χ0v) is 12.5. The lowest BCUT2D eigenvalue weighted by Crippen LogP contribution is -2.39. The van der Waals surface area contributed by atoms with Crippen LogP contribution < -0.4 is 5.32 Å². The molecule has 0 heterocycles. The Morgan fingerprint density at radius 3 is 2.44 bits per heavy atom. The molecule has 18 heavy (non-hydrogen) atoms. The van der Waals surface area contributed by atoms with Crippen LogP contribution >= 0.6 is 0 Å². The zero-order chi connectivity index (χ0) is 13.4. The molecule has 1 aliphatic carbocycles. The molecule has 1 aliphatic rings. The second-order valence-electron chi connectivity index (χ2n) is 6.71.